The van der Waals surface area contributed by atoms with Crippen LogP contribution in [0.25, 0.3) is 0 Å². The molecule has 1 aromatic carbocycles. The van der Waals surface area contributed by atoms with E-state index in [0.29, 0.717) is 0 Å². The first-order valence-corrected chi connectivity index (χ1v) is 6.99. The van der Waals surface area contributed by atoms with E-state index in [1.165, 1.54) is 0 Å². The highest BCUT2D eigenvalue weighted by Gasteiger charge is 2.18. The molecule has 1 aromatic rings. The Kier molecular flexibility index (Phi) is 4.05. The molecule has 1 heterocycles. The van der Waals surface area contributed by atoms with Crippen LogP contribution in [0.15, 0.2) is 18.2 Å². The van der Waals surface area contributed by atoms with E-state index >= 15 is 0 Å². The minimum atomic E-state index is 0.0988. The average molecular weight is 298 g/mol. The van der Waals surface area contributed by atoms with Gasteiger partial charge < -0.3 is 9.64 Å². The van der Waals surface area contributed by atoms with E-state index in [0.717, 1.165) is 48.3 Å². The smallest absolute Gasteiger partial charge is 0.253 e. The van der Waals surface area contributed by atoms with Gasteiger partial charge in [-0.25, -0.2) is 0 Å². The molecule has 0 aliphatic carbocycles. The molecule has 0 bridgehead atoms. The Bertz CT molecular complexity index is 420. The number of nitrogens with zero attached hydrogens (tertiary/aromatic N) is 1. The molecule has 4 heteroatoms. The molecule has 1 aliphatic heterocycles. The second-order valence-corrected chi connectivity index (χ2v) is 4.79. The first kappa shape index (κ1) is 12.4. The number of fused-ring (bicyclic) bond motifs is 1. The summed E-state index contributed by atoms with van der Waals surface area (Å²) < 4.78 is 5.44. The van der Waals surface area contributed by atoms with Crippen LogP contribution in [0.4, 0.5) is 0 Å². The standard InChI is InChI=1S/C13H16BrNO2/c1-2-15(7-6-14)13(16)11-3-4-12-10(9-11)5-8-17-12/h3-4,9H,2,5-8H2,1H3. The van der Waals surface area contributed by atoms with Gasteiger partial charge in [0.1, 0.15) is 5.75 Å². The lowest BCUT2D eigenvalue weighted by molar-refractivity contribution is 0.0775. The maximum absolute atomic E-state index is 12.2. The van der Waals surface area contributed by atoms with Crippen LogP contribution < -0.4 is 4.74 Å². The van der Waals surface area contributed by atoms with Crippen molar-refractivity contribution in [1.29, 1.82) is 0 Å². The largest absolute Gasteiger partial charge is 0.493 e. The third-order valence-corrected chi connectivity index (χ3v) is 3.31. The Hall–Kier alpha value is -1.03. The third kappa shape index (κ3) is 2.63. The first-order chi connectivity index (χ1) is 8.26. The van der Waals surface area contributed by atoms with Gasteiger partial charge in [0, 0.05) is 30.4 Å². The third-order valence-electron chi connectivity index (χ3n) is 2.96. The van der Waals surface area contributed by atoms with E-state index in [2.05, 4.69) is 15.9 Å². The Labute approximate surface area is 110 Å². The minimum absolute atomic E-state index is 0.0988. The van der Waals surface area contributed by atoms with Crippen molar-refractivity contribution in [2.24, 2.45) is 0 Å². The molecule has 2 rings (SSSR count). The Morgan fingerprint density at radius 1 is 1.53 bits per heavy atom. The SMILES string of the molecule is CCN(CCBr)C(=O)c1ccc2c(c1)CCO2. The van der Waals surface area contributed by atoms with Crippen LogP contribution in [0.2, 0.25) is 0 Å². The molecule has 0 saturated heterocycles. The van der Waals surface area contributed by atoms with Crippen LogP contribution in [0.1, 0.15) is 22.8 Å². The monoisotopic (exact) mass is 297 g/mol. The van der Waals surface area contributed by atoms with Crippen LogP contribution in [-0.2, 0) is 6.42 Å². The van der Waals surface area contributed by atoms with E-state index < -0.39 is 0 Å². The number of benzene rings is 1. The molecule has 1 amide bonds. The molecule has 0 spiro atoms. The van der Waals surface area contributed by atoms with Gasteiger partial charge in [-0.05, 0) is 30.7 Å². The van der Waals surface area contributed by atoms with Crippen LogP contribution in [-0.4, -0.2) is 35.8 Å². The molecule has 1 aliphatic rings. The fraction of sp³-hybridized carbons (Fsp3) is 0.462. The van der Waals surface area contributed by atoms with Gasteiger partial charge in [-0.1, -0.05) is 15.9 Å². The van der Waals surface area contributed by atoms with E-state index in [1.54, 1.807) is 0 Å². The van der Waals surface area contributed by atoms with Crippen LogP contribution in [0.5, 0.6) is 5.75 Å². The first-order valence-electron chi connectivity index (χ1n) is 5.87. The summed E-state index contributed by atoms with van der Waals surface area (Å²) >= 11 is 3.37. The number of alkyl halides is 1. The molecule has 3 nitrogen and oxygen atoms in total. The number of rotatable bonds is 4. The normalized spacial score (nSPS) is 13.1. The van der Waals surface area contributed by atoms with Gasteiger partial charge in [-0.15, -0.1) is 0 Å². The second kappa shape index (κ2) is 5.54. The van der Waals surface area contributed by atoms with Gasteiger partial charge in [-0.2, -0.15) is 0 Å². The average Bonchev–Trinajstić information content (AvgIpc) is 2.82. The van der Waals surface area contributed by atoms with Crippen molar-refractivity contribution in [3.05, 3.63) is 29.3 Å². The molecule has 0 unspecified atom stereocenters. The minimum Gasteiger partial charge on any atom is -0.493 e. The predicted octanol–water partition coefficient (Wildman–Crippen LogP) is 2.48. The fourth-order valence-corrected chi connectivity index (χ4v) is 2.44. The van der Waals surface area contributed by atoms with Gasteiger partial charge in [0.2, 0.25) is 0 Å². The van der Waals surface area contributed by atoms with E-state index in [9.17, 15) is 4.79 Å². The Morgan fingerprint density at radius 2 is 2.35 bits per heavy atom. The lowest BCUT2D eigenvalue weighted by Crippen LogP contribution is -2.32. The summed E-state index contributed by atoms with van der Waals surface area (Å²) in [5.41, 5.74) is 1.91. The number of carbonyl (C=O) groups excluding carboxylic acids is 1. The number of hydrogen-bond acceptors (Lipinski definition) is 2. The molecule has 0 atom stereocenters. The molecule has 0 radical (unpaired) electrons. The number of carbonyl (C=O) groups is 1. The number of amides is 1. The summed E-state index contributed by atoms with van der Waals surface area (Å²) in [4.78, 5) is 14.1. The van der Waals surface area contributed by atoms with Gasteiger partial charge in [0.25, 0.3) is 5.91 Å². The zero-order valence-corrected chi connectivity index (χ0v) is 11.5. The van der Waals surface area contributed by atoms with Crippen LogP contribution in [0, 0.1) is 0 Å². The van der Waals surface area contributed by atoms with Gasteiger partial charge in [-0.3, -0.25) is 4.79 Å². The lowest BCUT2D eigenvalue weighted by Gasteiger charge is -2.19. The van der Waals surface area contributed by atoms with E-state index in [-0.39, 0.29) is 5.91 Å². The number of halogens is 1. The summed E-state index contributed by atoms with van der Waals surface area (Å²) in [6.07, 6.45) is 0.904. The molecular formula is C13H16BrNO2. The molecule has 92 valence electrons. The highest BCUT2D eigenvalue weighted by Crippen LogP contribution is 2.26. The molecule has 0 saturated carbocycles. The maximum atomic E-state index is 12.2. The van der Waals surface area contributed by atoms with Gasteiger partial charge in [0.05, 0.1) is 6.61 Å². The van der Waals surface area contributed by atoms with E-state index in [4.69, 9.17) is 4.74 Å². The molecule has 0 N–H and O–H groups in total. The fourth-order valence-electron chi connectivity index (χ4n) is 2.01. The maximum Gasteiger partial charge on any atom is 0.253 e. The summed E-state index contributed by atoms with van der Waals surface area (Å²) in [6.45, 7) is 4.20. The van der Waals surface area contributed by atoms with Crippen molar-refractivity contribution in [3.63, 3.8) is 0 Å². The van der Waals surface area contributed by atoms with Crippen molar-refractivity contribution >= 4 is 21.8 Å². The predicted molar refractivity (Wildman–Crippen MR) is 71.0 cm³/mol. The zero-order chi connectivity index (χ0) is 12.3. The Balaban J connectivity index is 2.19. The summed E-state index contributed by atoms with van der Waals surface area (Å²) in [5, 5.41) is 0.806. The molecular weight excluding hydrogens is 282 g/mol. The van der Waals surface area contributed by atoms with Crippen molar-refractivity contribution in [2.75, 3.05) is 25.0 Å². The van der Waals surface area contributed by atoms with Gasteiger partial charge >= 0.3 is 0 Å². The highest BCUT2D eigenvalue weighted by atomic mass is 79.9. The summed E-state index contributed by atoms with van der Waals surface area (Å²) in [5.74, 6) is 1.02. The quantitative estimate of drug-likeness (QED) is 0.799. The molecule has 17 heavy (non-hydrogen) atoms. The number of ether oxygens (including phenoxy) is 1. The topological polar surface area (TPSA) is 29.5 Å². The summed E-state index contributed by atoms with van der Waals surface area (Å²) in [6, 6.07) is 5.71. The lowest BCUT2D eigenvalue weighted by atomic mass is 10.1. The van der Waals surface area contributed by atoms with Crippen molar-refractivity contribution in [2.45, 2.75) is 13.3 Å². The zero-order valence-electron chi connectivity index (χ0n) is 9.91. The van der Waals surface area contributed by atoms with Crippen molar-refractivity contribution < 1.29 is 9.53 Å². The number of hydrogen-bond donors (Lipinski definition) is 0. The van der Waals surface area contributed by atoms with Crippen LogP contribution in [0.3, 0.4) is 0 Å². The van der Waals surface area contributed by atoms with E-state index in [1.807, 2.05) is 30.0 Å². The van der Waals surface area contributed by atoms with Crippen LogP contribution >= 0.6 is 15.9 Å². The summed E-state index contributed by atoms with van der Waals surface area (Å²) in [7, 11) is 0. The van der Waals surface area contributed by atoms with Crippen molar-refractivity contribution in [1.82, 2.24) is 4.90 Å². The molecule has 0 fully saturated rings. The molecule has 0 aromatic heterocycles. The Morgan fingerprint density at radius 3 is 3.06 bits per heavy atom. The highest BCUT2D eigenvalue weighted by molar-refractivity contribution is 9.09. The second-order valence-electron chi connectivity index (χ2n) is 3.99. The van der Waals surface area contributed by atoms with Crippen molar-refractivity contribution in [3.8, 4) is 5.75 Å². The van der Waals surface area contributed by atoms with Gasteiger partial charge in [0.15, 0.2) is 0 Å².